The molecule has 0 saturated heterocycles. The molecule has 9 atom stereocenters. The summed E-state index contributed by atoms with van der Waals surface area (Å²) < 4.78 is 0. The zero-order valence-corrected chi connectivity index (χ0v) is 20.0. The molecular formula is C27H46O3. The molecule has 0 aromatic rings. The van der Waals surface area contributed by atoms with Crippen LogP contribution in [0.5, 0.6) is 0 Å². The Bertz CT molecular complexity index is 667. The summed E-state index contributed by atoms with van der Waals surface area (Å²) in [5.41, 5.74) is 0.963. The molecule has 0 aliphatic heterocycles. The fourth-order valence-corrected chi connectivity index (χ4v) is 8.80. The van der Waals surface area contributed by atoms with Crippen LogP contribution < -0.4 is 0 Å². The number of allylic oxidation sites excluding steroid dienone is 1. The molecule has 4 aliphatic carbocycles. The summed E-state index contributed by atoms with van der Waals surface area (Å²) in [6.45, 7) is 11.3. The van der Waals surface area contributed by atoms with Crippen molar-refractivity contribution in [2.75, 3.05) is 0 Å². The third-order valence-corrected chi connectivity index (χ3v) is 10.2. The highest BCUT2D eigenvalue weighted by atomic mass is 16.3. The Hall–Kier alpha value is -0.380. The van der Waals surface area contributed by atoms with Crippen molar-refractivity contribution in [2.24, 2.45) is 40.4 Å². The molecular weight excluding hydrogens is 372 g/mol. The van der Waals surface area contributed by atoms with E-state index in [-0.39, 0.29) is 29.0 Å². The van der Waals surface area contributed by atoms with E-state index in [2.05, 4.69) is 33.8 Å². The third-order valence-electron chi connectivity index (χ3n) is 10.2. The van der Waals surface area contributed by atoms with Gasteiger partial charge in [0.1, 0.15) is 0 Å². The van der Waals surface area contributed by atoms with E-state index < -0.39 is 5.60 Å². The first-order chi connectivity index (χ1) is 14.0. The zero-order chi connectivity index (χ0) is 21.9. The van der Waals surface area contributed by atoms with Crippen molar-refractivity contribution < 1.29 is 15.3 Å². The number of hydrogen-bond donors (Lipinski definition) is 3. The highest BCUT2D eigenvalue weighted by molar-refractivity contribution is 5.26. The molecule has 0 bridgehead atoms. The minimum atomic E-state index is -0.793. The SMILES string of the molecule is CC(C)CCC[C@](C)(O)[C@H]1[C@@H](O)C[C@H]2[C@@H]3CC=C4C[C@@H](O)CC[C@]4(C)[C@H]3CC[C@@]21C. The Morgan fingerprint density at radius 3 is 2.57 bits per heavy atom. The molecule has 0 radical (unpaired) electrons. The van der Waals surface area contributed by atoms with Crippen molar-refractivity contribution in [3.8, 4) is 0 Å². The van der Waals surface area contributed by atoms with E-state index in [1.807, 2.05) is 6.92 Å². The molecule has 3 nitrogen and oxygen atoms in total. The average Bonchev–Trinajstić information content (AvgIpc) is 2.92. The lowest BCUT2D eigenvalue weighted by molar-refractivity contribution is -0.123. The predicted octanol–water partition coefficient (Wildman–Crippen LogP) is 5.47. The lowest BCUT2D eigenvalue weighted by atomic mass is 9.46. The fourth-order valence-electron chi connectivity index (χ4n) is 8.80. The summed E-state index contributed by atoms with van der Waals surface area (Å²) in [5.74, 6) is 2.41. The lowest BCUT2D eigenvalue weighted by Gasteiger charge is -2.58. The van der Waals surface area contributed by atoms with Crippen LogP contribution in [0.2, 0.25) is 0 Å². The van der Waals surface area contributed by atoms with Crippen LogP contribution in [0.1, 0.15) is 98.8 Å². The minimum absolute atomic E-state index is 0.0190. The number of rotatable bonds is 5. The molecule has 4 rings (SSSR count). The van der Waals surface area contributed by atoms with Gasteiger partial charge in [0.2, 0.25) is 0 Å². The first kappa shape index (κ1) is 22.8. The van der Waals surface area contributed by atoms with Crippen molar-refractivity contribution >= 4 is 0 Å². The second kappa shape index (κ2) is 7.89. The summed E-state index contributed by atoms with van der Waals surface area (Å²) in [5, 5.41) is 33.0. The number of fused-ring (bicyclic) bond motifs is 5. The van der Waals surface area contributed by atoms with Crippen molar-refractivity contribution in [3.63, 3.8) is 0 Å². The molecule has 172 valence electrons. The van der Waals surface area contributed by atoms with Gasteiger partial charge >= 0.3 is 0 Å². The smallest absolute Gasteiger partial charge is 0.0677 e. The number of aliphatic hydroxyl groups is 3. The van der Waals surface area contributed by atoms with Gasteiger partial charge in [0.25, 0.3) is 0 Å². The van der Waals surface area contributed by atoms with Gasteiger partial charge in [-0.15, -0.1) is 0 Å². The van der Waals surface area contributed by atoms with Gasteiger partial charge in [-0.25, -0.2) is 0 Å². The normalized spacial score (nSPS) is 47.8. The maximum atomic E-state index is 11.6. The molecule has 3 heteroatoms. The van der Waals surface area contributed by atoms with E-state index in [1.54, 1.807) is 0 Å². The van der Waals surface area contributed by atoms with Crippen LogP contribution in [-0.4, -0.2) is 33.1 Å². The van der Waals surface area contributed by atoms with Crippen LogP contribution in [0.3, 0.4) is 0 Å². The molecule has 3 fully saturated rings. The number of aliphatic hydroxyl groups excluding tert-OH is 2. The van der Waals surface area contributed by atoms with Gasteiger partial charge < -0.3 is 15.3 Å². The second-order valence-electron chi connectivity index (χ2n) is 12.6. The highest BCUT2D eigenvalue weighted by Crippen LogP contribution is 2.67. The van der Waals surface area contributed by atoms with Gasteiger partial charge in [-0.3, -0.25) is 0 Å². The Kier molecular flexibility index (Phi) is 5.99. The fraction of sp³-hybridized carbons (Fsp3) is 0.926. The molecule has 4 aliphatic rings. The van der Waals surface area contributed by atoms with E-state index in [4.69, 9.17) is 0 Å². The van der Waals surface area contributed by atoms with Crippen molar-refractivity contribution in [1.82, 2.24) is 0 Å². The standard InChI is InChI=1S/C27H46O3/c1-17(2)7-6-12-27(5,30)24-23(29)16-22-20-9-8-18-15-19(28)10-13-25(18,3)21(20)11-14-26(22,24)4/h8,17,19-24,28-30H,6-7,9-16H2,1-5H3/t19-,20+,21-,22-,23-,24-,25-,26-,27-/m0/s1. The van der Waals surface area contributed by atoms with Gasteiger partial charge in [0.05, 0.1) is 17.8 Å². The first-order valence-electron chi connectivity index (χ1n) is 12.8. The predicted molar refractivity (Wildman–Crippen MR) is 122 cm³/mol. The molecule has 0 spiro atoms. The van der Waals surface area contributed by atoms with Crippen molar-refractivity contribution in [1.29, 1.82) is 0 Å². The van der Waals surface area contributed by atoms with E-state index >= 15 is 0 Å². The molecule has 0 amide bonds. The van der Waals surface area contributed by atoms with Crippen LogP contribution in [0.15, 0.2) is 11.6 Å². The Labute approximate surface area is 184 Å². The monoisotopic (exact) mass is 418 g/mol. The molecule has 0 aromatic heterocycles. The first-order valence-corrected chi connectivity index (χ1v) is 12.8. The molecule has 3 saturated carbocycles. The molecule has 3 N–H and O–H groups in total. The Morgan fingerprint density at radius 1 is 1.13 bits per heavy atom. The summed E-state index contributed by atoms with van der Waals surface area (Å²) in [6.07, 6.45) is 12.0. The topological polar surface area (TPSA) is 60.7 Å². The van der Waals surface area contributed by atoms with E-state index in [0.29, 0.717) is 23.7 Å². The second-order valence-corrected chi connectivity index (χ2v) is 12.6. The minimum Gasteiger partial charge on any atom is -0.393 e. The van der Waals surface area contributed by atoms with E-state index in [0.717, 1.165) is 57.8 Å². The number of hydrogen-bond acceptors (Lipinski definition) is 3. The highest BCUT2D eigenvalue weighted by Gasteiger charge is 2.63. The molecule has 0 aromatic carbocycles. The molecule has 30 heavy (non-hydrogen) atoms. The van der Waals surface area contributed by atoms with Crippen LogP contribution in [0, 0.1) is 40.4 Å². The maximum absolute atomic E-state index is 11.6. The average molecular weight is 419 g/mol. The maximum Gasteiger partial charge on any atom is 0.0677 e. The van der Waals surface area contributed by atoms with Gasteiger partial charge in [-0.2, -0.15) is 0 Å². The van der Waals surface area contributed by atoms with Crippen LogP contribution >= 0.6 is 0 Å². The summed E-state index contributed by atoms with van der Waals surface area (Å²) in [6, 6.07) is 0. The summed E-state index contributed by atoms with van der Waals surface area (Å²) in [7, 11) is 0. The Morgan fingerprint density at radius 2 is 1.87 bits per heavy atom. The van der Waals surface area contributed by atoms with Gasteiger partial charge in [0, 0.05) is 5.92 Å². The third kappa shape index (κ3) is 3.61. The van der Waals surface area contributed by atoms with Crippen LogP contribution in [0.25, 0.3) is 0 Å². The van der Waals surface area contributed by atoms with E-state index in [1.165, 1.54) is 12.0 Å². The van der Waals surface area contributed by atoms with Crippen molar-refractivity contribution in [2.45, 2.75) is 117 Å². The van der Waals surface area contributed by atoms with Crippen LogP contribution in [-0.2, 0) is 0 Å². The van der Waals surface area contributed by atoms with Crippen molar-refractivity contribution in [3.05, 3.63) is 11.6 Å². The summed E-state index contributed by atoms with van der Waals surface area (Å²) in [4.78, 5) is 0. The van der Waals surface area contributed by atoms with E-state index in [9.17, 15) is 15.3 Å². The largest absolute Gasteiger partial charge is 0.393 e. The van der Waals surface area contributed by atoms with Gasteiger partial charge in [-0.05, 0) is 92.8 Å². The zero-order valence-electron chi connectivity index (χ0n) is 20.0. The van der Waals surface area contributed by atoms with Gasteiger partial charge in [-0.1, -0.05) is 52.2 Å². The molecule has 0 unspecified atom stereocenters. The van der Waals surface area contributed by atoms with Crippen LogP contribution in [0.4, 0.5) is 0 Å². The summed E-state index contributed by atoms with van der Waals surface area (Å²) >= 11 is 0. The Balaban J connectivity index is 1.57. The lowest BCUT2D eigenvalue weighted by Crippen LogP contribution is -2.53. The quantitative estimate of drug-likeness (QED) is 0.519. The van der Waals surface area contributed by atoms with Gasteiger partial charge in [0.15, 0.2) is 0 Å². The molecule has 0 heterocycles.